The molecule has 0 saturated carbocycles. The highest BCUT2D eigenvalue weighted by Crippen LogP contribution is 2.20. The van der Waals surface area contributed by atoms with Crippen molar-refractivity contribution < 1.29 is 0 Å². The van der Waals surface area contributed by atoms with E-state index in [-0.39, 0.29) is 5.56 Å². The van der Waals surface area contributed by atoms with Crippen LogP contribution in [-0.4, -0.2) is 14.9 Å². The van der Waals surface area contributed by atoms with Crippen molar-refractivity contribution in [3.05, 3.63) is 51.9 Å². The zero-order valence-corrected chi connectivity index (χ0v) is 10.1. The predicted octanol–water partition coefficient (Wildman–Crippen LogP) is 0.953. The summed E-state index contributed by atoms with van der Waals surface area (Å²) in [7, 11) is 0. The quantitative estimate of drug-likeness (QED) is 0.646. The first-order valence-electron chi connectivity index (χ1n) is 5.05. The molecule has 0 aliphatic carbocycles. The monoisotopic (exact) mass is 248 g/mol. The van der Waals surface area contributed by atoms with Crippen LogP contribution >= 0.6 is 11.8 Å². The molecule has 17 heavy (non-hydrogen) atoms. The number of thioether (sulfide) groups is 1. The number of hydrogen-bond donors (Lipinski definition) is 1. The van der Waals surface area contributed by atoms with E-state index in [9.17, 15) is 4.79 Å². The molecule has 0 fully saturated rings. The summed E-state index contributed by atoms with van der Waals surface area (Å²) in [6.45, 7) is 2.04. The molecule has 2 N–H and O–H groups in total. The largest absolute Gasteiger partial charge is 0.334 e. The van der Waals surface area contributed by atoms with Crippen molar-refractivity contribution in [3.8, 4) is 0 Å². The molecule has 1 aromatic heterocycles. The van der Waals surface area contributed by atoms with Gasteiger partial charge < -0.3 is 5.84 Å². The molecule has 1 aromatic carbocycles. The Morgan fingerprint density at radius 1 is 1.41 bits per heavy atom. The van der Waals surface area contributed by atoms with Gasteiger partial charge in [0.05, 0.1) is 0 Å². The summed E-state index contributed by atoms with van der Waals surface area (Å²) in [4.78, 5) is 11.2. The van der Waals surface area contributed by atoms with Gasteiger partial charge in [-0.05, 0) is 18.1 Å². The highest BCUT2D eigenvalue weighted by molar-refractivity contribution is 7.98. The van der Waals surface area contributed by atoms with Crippen LogP contribution in [-0.2, 0) is 5.75 Å². The average molecular weight is 248 g/mol. The summed E-state index contributed by atoms with van der Waals surface area (Å²) in [6.07, 6.45) is 1.10. The fourth-order valence-electron chi connectivity index (χ4n) is 1.35. The second kappa shape index (κ2) is 5.01. The number of nitrogen functional groups attached to an aromatic ring is 1. The number of aromatic nitrogens is 3. The Bertz CT molecular complexity index is 582. The first kappa shape index (κ1) is 11.7. The second-order valence-corrected chi connectivity index (χ2v) is 4.49. The molecule has 0 unspecified atom stereocenters. The first-order chi connectivity index (χ1) is 8.18. The van der Waals surface area contributed by atoms with Gasteiger partial charge in [-0.15, -0.1) is 5.10 Å². The summed E-state index contributed by atoms with van der Waals surface area (Å²) in [5.41, 5.74) is 2.04. The van der Waals surface area contributed by atoms with Crippen LogP contribution in [0.5, 0.6) is 0 Å². The van der Waals surface area contributed by atoms with E-state index < -0.39 is 0 Å². The average Bonchev–Trinajstić information content (AvgIpc) is 2.33. The summed E-state index contributed by atoms with van der Waals surface area (Å²) in [5.74, 6) is 6.28. The van der Waals surface area contributed by atoms with Crippen molar-refractivity contribution >= 4 is 11.8 Å². The third kappa shape index (κ3) is 2.65. The van der Waals surface area contributed by atoms with Crippen LogP contribution in [0.15, 0.2) is 40.4 Å². The lowest BCUT2D eigenvalue weighted by Gasteiger charge is -2.06. The molecule has 0 spiro atoms. The Morgan fingerprint density at radius 3 is 2.94 bits per heavy atom. The van der Waals surface area contributed by atoms with Crippen LogP contribution in [0.4, 0.5) is 0 Å². The number of aryl methyl sites for hydroxylation is 1. The van der Waals surface area contributed by atoms with Crippen molar-refractivity contribution in [3.63, 3.8) is 0 Å². The van der Waals surface area contributed by atoms with Gasteiger partial charge in [-0.1, -0.05) is 36.0 Å². The van der Waals surface area contributed by atoms with Gasteiger partial charge in [0.2, 0.25) is 5.16 Å². The number of nitrogens with two attached hydrogens (primary N) is 1. The van der Waals surface area contributed by atoms with Crippen molar-refractivity contribution in [2.24, 2.45) is 0 Å². The highest BCUT2D eigenvalue weighted by atomic mass is 32.2. The van der Waals surface area contributed by atoms with Crippen molar-refractivity contribution in [2.45, 2.75) is 17.8 Å². The number of benzene rings is 1. The standard InChI is InChI=1S/C11H12N4OS/c1-8-4-2-3-5-9(8)7-17-11-14-13-6-10(16)15(11)12/h2-6H,7,12H2,1H3. The van der Waals surface area contributed by atoms with Crippen LogP contribution in [0.2, 0.25) is 0 Å². The van der Waals surface area contributed by atoms with Gasteiger partial charge in [0.15, 0.2) is 0 Å². The van der Waals surface area contributed by atoms with Crippen LogP contribution in [0.1, 0.15) is 11.1 Å². The molecule has 0 radical (unpaired) electrons. The number of rotatable bonds is 3. The van der Waals surface area contributed by atoms with Crippen LogP contribution in [0.3, 0.4) is 0 Å². The maximum atomic E-state index is 11.2. The van der Waals surface area contributed by atoms with E-state index in [1.165, 1.54) is 22.9 Å². The van der Waals surface area contributed by atoms with E-state index in [0.717, 1.165) is 10.9 Å². The van der Waals surface area contributed by atoms with Crippen molar-refractivity contribution in [1.82, 2.24) is 14.9 Å². The molecular formula is C11H12N4OS. The second-order valence-electron chi connectivity index (χ2n) is 3.55. The summed E-state index contributed by atoms with van der Waals surface area (Å²) < 4.78 is 1.01. The molecule has 5 nitrogen and oxygen atoms in total. The summed E-state index contributed by atoms with van der Waals surface area (Å²) >= 11 is 1.39. The Kier molecular flexibility index (Phi) is 3.43. The normalized spacial score (nSPS) is 10.4. The van der Waals surface area contributed by atoms with Gasteiger partial charge in [0, 0.05) is 5.75 Å². The van der Waals surface area contributed by atoms with E-state index in [1.54, 1.807) is 0 Å². The lowest BCUT2D eigenvalue weighted by atomic mass is 10.1. The smallest absolute Gasteiger partial charge is 0.291 e. The van der Waals surface area contributed by atoms with Crippen molar-refractivity contribution in [2.75, 3.05) is 5.84 Å². The number of nitrogens with zero attached hydrogens (tertiary/aromatic N) is 3. The Hall–Kier alpha value is -1.82. The maximum Gasteiger partial charge on any atom is 0.291 e. The predicted molar refractivity (Wildman–Crippen MR) is 67.2 cm³/mol. The van der Waals surface area contributed by atoms with E-state index in [1.807, 2.05) is 31.2 Å². The van der Waals surface area contributed by atoms with E-state index >= 15 is 0 Å². The SMILES string of the molecule is Cc1ccccc1CSc1nncc(=O)n1N. The van der Waals surface area contributed by atoms with Gasteiger partial charge >= 0.3 is 0 Å². The minimum absolute atomic E-state index is 0.354. The number of hydrogen-bond acceptors (Lipinski definition) is 5. The lowest BCUT2D eigenvalue weighted by molar-refractivity contribution is 0.698. The van der Waals surface area contributed by atoms with Crippen LogP contribution in [0, 0.1) is 6.92 Å². The Labute approximate surface area is 103 Å². The molecular weight excluding hydrogens is 236 g/mol. The Balaban J connectivity index is 2.16. The maximum absolute atomic E-state index is 11.2. The topological polar surface area (TPSA) is 73.8 Å². The van der Waals surface area contributed by atoms with E-state index in [0.29, 0.717) is 10.9 Å². The molecule has 0 aliphatic heterocycles. The third-order valence-electron chi connectivity index (χ3n) is 2.37. The molecule has 0 aliphatic rings. The third-order valence-corrected chi connectivity index (χ3v) is 3.36. The minimum atomic E-state index is -0.354. The molecule has 2 rings (SSSR count). The highest BCUT2D eigenvalue weighted by Gasteiger charge is 2.05. The summed E-state index contributed by atoms with van der Waals surface area (Å²) in [6, 6.07) is 8.06. The van der Waals surface area contributed by atoms with Gasteiger partial charge in [-0.25, -0.2) is 0 Å². The van der Waals surface area contributed by atoms with Gasteiger partial charge in [-0.3, -0.25) is 4.79 Å². The zero-order chi connectivity index (χ0) is 12.3. The van der Waals surface area contributed by atoms with Crippen molar-refractivity contribution in [1.29, 1.82) is 0 Å². The molecule has 88 valence electrons. The fourth-order valence-corrected chi connectivity index (χ4v) is 2.29. The van der Waals surface area contributed by atoms with E-state index in [2.05, 4.69) is 10.2 Å². The lowest BCUT2D eigenvalue weighted by Crippen LogP contribution is -2.29. The molecule has 0 atom stereocenters. The van der Waals surface area contributed by atoms with Crippen LogP contribution in [0.25, 0.3) is 0 Å². The zero-order valence-electron chi connectivity index (χ0n) is 9.33. The molecule has 2 aromatic rings. The van der Waals surface area contributed by atoms with Crippen LogP contribution < -0.4 is 11.4 Å². The molecule has 0 amide bonds. The molecule has 0 saturated heterocycles. The fraction of sp³-hybridized carbons (Fsp3) is 0.182. The van der Waals surface area contributed by atoms with Gasteiger partial charge in [0.1, 0.15) is 6.20 Å². The van der Waals surface area contributed by atoms with Gasteiger partial charge in [-0.2, -0.15) is 9.77 Å². The minimum Gasteiger partial charge on any atom is -0.334 e. The molecule has 0 bridgehead atoms. The molecule has 1 heterocycles. The van der Waals surface area contributed by atoms with Gasteiger partial charge in [0.25, 0.3) is 5.56 Å². The molecule has 6 heteroatoms. The Morgan fingerprint density at radius 2 is 2.18 bits per heavy atom. The summed E-state index contributed by atoms with van der Waals surface area (Å²) in [5, 5.41) is 7.85. The van der Waals surface area contributed by atoms with E-state index in [4.69, 9.17) is 5.84 Å². The first-order valence-corrected chi connectivity index (χ1v) is 6.04.